The summed E-state index contributed by atoms with van der Waals surface area (Å²) in [5, 5.41) is 1.57. The summed E-state index contributed by atoms with van der Waals surface area (Å²) in [6.07, 6.45) is 0.753. The molecule has 0 radical (unpaired) electrons. The summed E-state index contributed by atoms with van der Waals surface area (Å²) in [7, 11) is 0. The van der Waals surface area contributed by atoms with Crippen LogP contribution in [0.2, 0.25) is 5.02 Å². The number of para-hydroxylation sites is 1. The summed E-state index contributed by atoms with van der Waals surface area (Å²) < 4.78 is 6.84. The van der Waals surface area contributed by atoms with E-state index < -0.39 is 0 Å². The van der Waals surface area contributed by atoms with Gasteiger partial charge in [0.25, 0.3) is 0 Å². The fourth-order valence-corrected chi connectivity index (χ4v) is 3.09. The van der Waals surface area contributed by atoms with Crippen LogP contribution in [0.15, 0.2) is 53.3 Å². The Balaban J connectivity index is 1.96. The van der Waals surface area contributed by atoms with Crippen LogP contribution in [0.25, 0.3) is 16.6 Å². The van der Waals surface area contributed by atoms with E-state index >= 15 is 0 Å². The lowest BCUT2D eigenvalue weighted by Crippen LogP contribution is -2.31. The van der Waals surface area contributed by atoms with Crippen LogP contribution < -0.4 is 5.69 Å². The number of halogens is 1. The predicted molar refractivity (Wildman–Crippen MR) is 90.4 cm³/mol. The molecule has 1 aromatic heterocycles. The van der Waals surface area contributed by atoms with Gasteiger partial charge in [0.15, 0.2) is 0 Å². The molecule has 4 rings (SSSR count). The maximum Gasteiger partial charge on any atom is 0.352 e. The van der Waals surface area contributed by atoms with Crippen molar-refractivity contribution in [1.82, 2.24) is 9.55 Å². The van der Waals surface area contributed by atoms with Crippen molar-refractivity contribution in [2.24, 2.45) is 5.92 Å². The van der Waals surface area contributed by atoms with E-state index in [2.05, 4.69) is 4.98 Å². The number of hydrogen-bond donors (Lipinski definition) is 0. The van der Waals surface area contributed by atoms with Crippen LogP contribution in [0, 0.1) is 5.92 Å². The lowest BCUT2D eigenvalue weighted by Gasteiger charge is -2.26. The Labute approximate surface area is 138 Å². The van der Waals surface area contributed by atoms with Gasteiger partial charge in [0.2, 0.25) is 0 Å². The second-order valence-corrected chi connectivity index (χ2v) is 6.22. The van der Waals surface area contributed by atoms with Gasteiger partial charge in [-0.15, -0.1) is 0 Å². The zero-order valence-electron chi connectivity index (χ0n) is 12.4. The number of ether oxygens (including phenoxy) is 1. The quantitative estimate of drug-likeness (QED) is 0.742. The van der Waals surface area contributed by atoms with Gasteiger partial charge < -0.3 is 4.74 Å². The molecule has 0 bridgehead atoms. The third kappa shape index (κ3) is 2.64. The molecule has 1 aliphatic rings. The monoisotopic (exact) mass is 326 g/mol. The van der Waals surface area contributed by atoms with Crippen LogP contribution in [-0.4, -0.2) is 22.8 Å². The summed E-state index contributed by atoms with van der Waals surface area (Å²) in [5.41, 5.74) is 2.12. The predicted octanol–water partition coefficient (Wildman–Crippen LogP) is 3.23. The smallest absolute Gasteiger partial charge is 0.352 e. The van der Waals surface area contributed by atoms with Crippen molar-refractivity contribution < 1.29 is 4.74 Å². The highest BCUT2D eigenvalue weighted by atomic mass is 35.5. The maximum absolute atomic E-state index is 12.6. The summed E-state index contributed by atoms with van der Waals surface area (Å²) >= 11 is 6.17. The zero-order chi connectivity index (χ0) is 15.8. The fraction of sp³-hybridized carbons (Fsp3) is 0.222. The van der Waals surface area contributed by atoms with Crippen molar-refractivity contribution in [3.63, 3.8) is 0 Å². The molecule has 116 valence electrons. The molecule has 0 amide bonds. The Morgan fingerprint density at radius 3 is 2.65 bits per heavy atom. The number of fused-ring (bicyclic) bond motifs is 1. The molecular weight excluding hydrogens is 312 g/mol. The molecule has 0 N–H and O–H groups in total. The maximum atomic E-state index is 12.6. The average Bonchev–Trinajstić information content (AvgIpc) is 2.51. The largest absolute Gasteiger partial charge is 0.381 e. The highest BCUT2D eigenvalue weighted by Gasteiger charge is 2.22. The summed E-state index contributed by atoms with van der Waals surface area (Å²) in [5.74, 6) is 0.438. The second kappa shape index (κ2) is 5.80. The molecule has 1 saturated heterocycles. The van der Waals surface area contributed by atoms with Gasteiger partial charge in [0.05, 0.1) is 30.1 Å². The van der Waals surface area contributed by atoms with Crippen LogP contribution in [0.5, 0.6) is 0 Å². The van der Waals surface area contributed by atoms with E-state index in [0.717, 1.165) is 41.9 Å². The van der Waals surface area contributed by atoms with Crippen molar-refractivity contribution in [1.29, 1.82) is 0 Å². The Hall–Kier alpha value is -2.17. The lowest BCUT2D eigenvalue weighted by atomic mass is 9.99. The Kier molecular flexibility index (Phi) is 3.63. The van der Waals surface area contributed by atoms with E-state index in [-0.39, 0.29) is 5.69 Å². The molecule has 1 aliphatic heterocycles. The van der Waals surface area contributed by atoms with Crippen molar-refractivity contribution >= 4 is 22.5 Å². The summed E-state index contributed by atoms with van der Waals surface area (Å²) in [4.78, 5) is 17.0. The van der Waals surface area contributed by atoms with Gasteiger partial charge in [0.1, 0.15) is 0 Å². The SMILES string of the molecule is O=c1nc(CC2COC2)c2ccc(Cl)cc2n1-c1ccccc1. The third-order valence-electron chi connectivity index (χ3n) is 4.14. The number of rotatable bonds is 3. The van der Waals surface area contributed by atoms with E-state index in [1.807, 2.05) is 48.5 Å². The second-order valence-electron chi connectivity index (χ2n) is 5.78. The fourth-order valence-electron chi connectivity index (χ4n) is 2.92. The molecule has 3 aromatic rings. The Bertz CT molecular complexity index is 917. The van der Waals surface area contributed by atoms with Gasteiger partial charge in [-0.25, -0.2) is 4.79 Å². The minimum Gasteiger partial charge on any atom is -0.381 e. The van der Waals surface area contributed by atoms with E-state index in [1.54, 1.807) is 4.57 Å². The normalized spacial score (nSPS) is 14.8. The first-order chi connectivity index (χ1) is 11.2. The van der Waals surface area contributed by atoms with Crippen molar-refractivity contribution in [3.8, 4) is 5.69 Å². The third-order valence-corrected chi connectivity index (χ3v) is 4.37. The highest BCUT2D eigenvalue weighted by Crippen LogP contribution is 2.25. The first-order valence-corrected chi connectivity index (χ1v) is 7.94. The Morgan fingerprint density at radius 2 is 1.96 bits per heavy atom. The molecule has 5 heteroatoms. The molecule has 2 aromatic carbocycles. The van der Waals surface area contributed by atoms with Gasteiger partial charge in [-0.3, -0.25) is 4.57 Å². The van der Waals surface area contributed by atoms with Crippen LogP contribution in [0.1, 0.15) is 5.69 Å². The van der Waals surface area contributed by atoms with E-state index in [4.69, 9.17) is 16.3 Å². The van der Waals surface area contributed by atoms with E-state index in [0.29, 0.717) is 10.9 Å². The minimum atomic E-state index is -0.277. The average molecular weight is 327 g/mol. The number of aromatic nitrogens is 2. The van der Waals surface area contributed by atoms with Gasteiger partial charge in [-0.1, -0.05) is 29.8 Å². The molecule has 2 heterocycles. The standard InChI is InChI=1S/C18H15ClN2O2/c19-13-6-7-15-16(8-12-10-23-11-12)20-18(22)21(17(15)9-13)14-4-2-1-3-5-14/h1-7,9,12H,8,10-11H2. The number of hydrogen-bond acceptors (Lipinski definition) is 3. The molecule has 23 heavy (non-hydrogen) atoms. The number of benzene rings is 2. The summed E-state index contributed by atoms with van der Waals surface area (Å²) in [6, 6.07) is 15.1. The van der Waals surface area contributed by atoms with Gasteiger partial charge in [-0.05, 0) is 36.8 Å². The van der Waals surface area contributed by atoms with Crippen LogP contribution in [0.4, 0.5) is 0 Å². The molecule has 0 saturated carbocycles. The van der Waals surface area contributed by atoms with Crippen LogP contribution >= 0.6 is 11.6 Å². The van der Waals surface area contributed by atoms with Crippen LogP contribution in [-0.2, 0) is 11.2 Å². The molecule has 0 spiro atoms. The molecule has 0 unspecified atom stereocenters. The highest BCUT2D eigenvalue weighted by molar-refractivity contribution is 6.31. The zero-order valence-corrected chi connectivity index (χ0v) is 13.2. The van der Waals surface area contributed by atoms with E-state index in [1.165, 1.54) is 0 Å². The molecule has 4 nitrogen and oxygen atoms in total. The van der Waals surface area contributed by atoms with Crippen molar-refractivity contribution in [3.05, 3.63) is 69.7 Å². The van der Waals surface area contributed by atoms with Crippen molar-refractivity contribution in [2.45, 2.75) is 6.42 Å². The van der Waals surface area contributed by atoms with E-state index in [9.17, 15) is 4.79 Å². The molecule has 1 fully saturated rings. The number of nitrogens with zero attached hydrogens (tertiary/aromatic N) is 2. The van der Waals surface area contributed by atoms with Gasteiger partial charge in [-0.2, -0.15) is 4.98 Å². The van der Waals surface area contributed by atoms with Crippen molar-refractivity contribution in [2.75, 3.05) is 13.2 Å². The minimum absolute atomic E-state index is 0.277. The topological polar surface area (TPSA) is 44.1 Å². The Morgan fingerprint density at radius 1 is 1.17 bits per heavy atom. The van der Waals surface area contributed by atoms with Crippen LogP contribution in [0.3, 0.4) is 0 Å². The molecular formula is C18H15ClN2O2. The molecule has 0 atom stereocenters. The first-order valence-electron chi connectivity index (χ1n) is 7.57. The van der Waals surface area contributed by atoms with Gasteiger partial charge in [0, 0.05) is 16.3 Å². The molecule has 0 aliphatic carbocycles. The summed E-state index contributed by atoms with van der Waals surface area (Å²) in [6.45, 7) is 1.47. The first kappa shape index (κ1) is 14.4. The lowest BCUT2D eigenvalue weighted by molar-refractivity contribution is -0.0315. The van der Waals surface area contributed by atoms with Gasteiger partial charge >= 0.3 is 5.69 Å².